The number of carbonyl (C=O) groups excluding carboxylic acids is 1. The highest BCUT2D eigenvalue weighted by atomic mass is 16.1. The molecule has 1 saturated carbocycles. The van der Waals surface area contributed by atoms with Gasteiger partial charge in [0.25, 0.3) is 0 Å². The lowest BCUT2D eigenvalue weighted by atomic mass is 10.1. The van der Waals surface area contributed by atoms with Crippen LogP contribution in [0.15, 0.2) is 35.5 Å². The first-order valence-corrected chi connectivity index (χ1v) is 4.15. The predicted octanol–water partition coefficient (Wildman–Crippen LogP) is 0.914. The van der Waals surface area contributed by atoms with Crippen LogP contribution in [-0.4, -0.2) is 5.91 Å². The van der Waals surface area contributed by atoms with Gasteiger partial charge in [0.1, 0.15) is 0 Å². The number of allylic oxidation sites excluding steroid dienone is 5. The summed E-state index contributed by atoms with van der Waals surface area (Å²) in [6, 6.07) is 0. The Morgan fingerprint density at radius 1 is 1.67 bits per heavy atom. The third-order valence-corrected chi connectivity index (χ3v) is 3.14. The first kappa shape index (κ1) is 6.23. The number of carbonyl (C=O) groups is 1. The molecule has 3 aliphatic carbocycles. The van der Waals surface area contributed by atoms with Crippen LogP contribution in [0.2, 0.25) is 0 Å². The van der Waals surface area contributed by atoms with Gasteiger partial charge < -0.3 is 5.73 Å². The number of hydrogen-bond acceptors (Lipinski definition) is 1. The molecular formula is C10H9NO. The monoisotopic (exact) mass is 159 g/mol. The fourth-order valence-corrected chi connectivity index (χ4v) is 2.34. The van der Waals surface area contributed by atoms with E-state index in [4.69, 9.17) is 5.73 Å². The van der Waals surface area contributed by atoms with E-state index < -0.39 is 0 Å². The van der Waals surface area contributed by atoms with Gasteiger partial charge in [-0.3, -0.25) is 4.79 Å². The molecule has 1 fully saturated rings. The quantitative estimate of drug-likeness (QED) is 0.607. The van der Waals surface area contributed by atoms with Gasteiger partial charge in [0.15, 0.2) is 0 Å². The van der Waals surface area contributed by atoms with Crippen molar-refractivity contribution < 1.29 is 4.79 Å². The van der Waals surface area contributed by atoms with Gasteiger partial charge in [-0.05, 0) is 17.6 Å². The molecule has 0 aromatic rings. The van der Waals surface area contributed by atoms with Crippen molar-refractivity contribution in [2.75, 3.05) is 0 Å². The number of amides is 1. The van der Waals surface area contributed by atoms with Crippen LogP contribution in [0.25, 0.3) is 0 Å². The molecule has 60 valence electrons. The van der Waals surface area contributed by atoms with E-state index in [0.29, 0.717) is 5.92 Å². The van der Waals surface area contributed by atoms with E-state index in [2.05, 4.69) is 6.08 Å². The van der Waals surface area contributed by atoms with Gasteiger partial charge in [-0.25, -0.2) is 0 Å². The summed E-state index contributed by atoms with van der Waals surface area (Å²) >= 11 is 0. The summed E-state index contributed by atoms with van der Waals surface area (Å²) < 4.78 is 0. The lowest BCUT2D eigenvalue weighted by Crippen LogP contribution is -2.23. The standard InChI is InChI=1S/C10H9NO/c11-9(12)10-4-6-2-1-3-7(6)8(10)5-10/h1-4,8H,5H2,(H2,11,12). The van der Waals surface area contributed by atoms with Gasteiger partial charge in [-0.15, -0.1) is 0 Å². The molecule has 0 spiro atoms. The lowest BCUT2D eigenvalue weighted by molar-refractivity contribution is -0.121. The highest BCUT2D eigenvalue weighted by molar-refractivity contribution is 5.90. The summed E-state index contributed by atoms with van der Waals surface area (Å²) in [6.45, 7) is 0. The molecule has 3 rings (SSSR count). The van der Waals surface area contributed by atoms with Crippen molar-refractivity contribution in [3.05, 3.63) is 35.5 Å². The Labute approximate surface area is 70.4 Å². The number of hydrogen-bond donors (Lipinski definition) is 1. The lowest BCUT2D eigenvalue weighted by Gasteiger charge is -2.00. The van der Waals surface area contributed by atoms with Gasteiger partial charge in [0.2, 0.25) is 5.91 Å². The average Bonchev–Trinajstić information content (AvgIpc) is 2.46. The van der Waals surface area contributed by atoms with Crippen molar-refractivity contribution >= 4 is 5.91 Å². The molecule has 2 heteroatoms. The normalized spacial score (nSPS) is 40.2. The molecule has 0 radical (unpaired) electrons. The SMILES string of the molecule is NC(=O)C12C=C3C=CC=C3C1C2. The molecule has 3 aliphatic rings. The van der Waals surface area contributed by atoms with E-state index in [1.165, 1.54) is 11.1 Å². The molecule has 0 aromatic carbocycles. The minimum absolute atomic E-state index is 0.163. The van der Waals surface area contributed by atoms with Crippen molar-refractivity contribution in [2.45, 2.75) is 6.42 Å². The molecule has 0 saturated heterocycles. The van der Waals surface area contributed by atoms with E-state index >= 15 is 0 Å². The Balaban J connectivity index is 2.12. The fraction of sp³-hybridized carbons (Fsp3) is 0.300. The largest absolute Gasteiger partial charge is 0.369 e. The summed E-state index contributed by atoms with van der Waals surface area (Å²) in [5.74, 6) is 0.240. The molecule has 2 atom stereocenters. The van der Waals surface area contributed by atoms with Gasteiger partial charge in [-0.1, -0.05) is 24.3 Å². The first-order valence-electron chi connectivity index (χ1n) is 4.15. The number of primary amides is 1. The zero-order valence-corrected chi connectivity index (χ0v) is 6.58. The van der Waals surface area contributed by atoms with Crippen molar-refractivity contribution in [3.8, 4) is 0 Å². The average molecular weight is 159 g/mol. The molecule has 2 unspecified atom stereocenters. The maximum Gasteiger partial charge on any atom is 0.228 e. The van der Waals surface area contributed by atoms with E-state index in [-0.39, 0.29) is 11.3 Å². The van der Waals surface area contributed by atoms with Gasteiger partial charge in [-0.2, -0.15) is 0 Å². The Kier molecular flexibility index (Phi) is 0.808. The number of nitrogens with two attached hydrogens (primary N) is 1. The molecular weight excluding hydrogens is 150 g/mol. The first-order chi connectivity index (χ1) is 5.74. The maximum atomic E-state index is 11.1. The second kappa shape index (κ2) is 1.56. The molecule has 2 N–H and O–H groups in total. The zero-order chi connectivity index (χ0) is 8.34. The number of fused-ring (bicyclic) bond motifs is 3. The summed E-state index contributed by atoms with van der Waals surface area (Å²) in [5, 5.41) is 0. The van der Waals surface area contributed by atoms with E-state index in [1.807, 2.05) is 18.2 Å². The van der Waals surface area contributed by atoms with Crippen LogP contribution in [0.3, 0.4) is 0 Å². The fourth-order valence-electron chi connectivity index (χ4n) is 2.34. The van der Waals surface area contributed by atoms with Gasteiger partial charge in [0.05, 0.1) is 5.41 Å². The van der Waals surface area contributed by atoms with E-state index in [0.717, 1.165) is 6.42 Å². The van der Waals surface area contributed by atoms with Crippen LogP contribution in [0, 0.1) is 11.3 Å². The second-order valence-electron chi connectivity index (χ2n) is 3.74. The molecule has 0 aliphatic heterocycles. The Bertz CT molecular complexity index is 375. The molecule has 1 amide bonds. The van der Waals surface area contributed by atoms with Crippen molar-refractivity contribution in [1.82, 2.24) is 0 Å². The third-order valence-electron chi connectivity index (χ3n) is 3.14. The Morgan fingerprint density at radius 3 is 3.17 bits per heavy atom. The molecule has 0 bridgehead atoms. The molecule has 12 heavy (non-hydrogen) atoms. The summed E-state index contributed by atoms with van der Waals surface area (Å²) in [6.07, 6.45) is 9.14. The van der Waals surface area contributed by atoms with E-state index in [9.17, 15) is 4.79 Å². The summed E-state index contributed by atoms with van der Waals surface area (Å²) in [4.78, 5) is 11.1. The predicted molar refractivity (Wildman–Crippen MR) is 45.0 cm³/mol. The van der Waals surface area contributed by atoms with Gasteiger partial charge >= 0.3 is 0 Å². The van der Waals surface area contributed by atoms with Crippen LogP contribution >= 0.6 is 0 Å². The number of rotatable bonds is 1. The van der Waals surface area contributed by atoms with Crippen LogP contribution in [0.1, 0.15) is 6.42 Å². The molecule has 0 aromatic heterocycles. The molecule has 0 heterocycles. The van der Waals surface area contributed by atoms with Crippen LogP contribution in [0.5, 0.6) is 0 Å². The maximum absolute atomic E-state index is 11.1. The van der Waals surface area contributed by atoms with Crippen LogP contribution in [0.4, 0.5) is 0 Å². The van der Waals surface area contributed by atoms with Crippen LogP contribution < -0.4 is 5.73 Å². The van der Waals surface area contributed by atoms with Crippen molar-refractivity contribution in [2.24, 2.45) is 17.1 Å². The van der Waals surface area contributed by atoms with Crippen LogP contribution in [-0.2, 0) is 4.79 Å². The smallest absolute Gasteiger partial charge is 0.228 e. The zero-order valence-electron chi connectivity index (χ0n) is 6.58. The topological polar surface area (TPSA) is 43.1 Å². The van der Waals surface area contributed by atoms with Gasteiger partial charge in [0, 0.05) is 5.92 Å². The van der Waals surface area contributed by atoms with Crippen molar-refractivity contribution in [3.63, 3.8) is 0 Å². The Morgan fingerprint density at radius 2 is 2.50 bits per heavy atom. The highest BCUT2D eigenvalue weighted by Gasteiger charge is 2.62. The third kappa shape index (κ3) is 0.481. The Hall–Kier alpha value is -1.31. The molecule has 2 nitrogen and oxygen atoms in total. The minimum atomic E-state index is -0.286. The second-order valence-corrected chi connectivity index (χ2v) is 3.74. The van der Waals surface area contributed by atoms with E-state index in [1.54, 1.807) is 0 Å². The summed E-state index contributed by atoms with van der Waals surface area (Å²) in [5.41, 5.74) is 7.58. The van der Waals surface area contributed by atoms with Crippen molar-refractivity contribution in [1.29, 1.82) is 0 Å². The summed E-state index contributed by atoms with van der Waals surface area (Å²) in [7, 11) is 0. The highest BCUT2D eigenvalue weighted by Crippen LogP contribution is 2.65. The minimum Gasteiger partial charge on any atom is -0.369 e.